The zero-order chi connectivity index (χ0) is 9.52. The van der Waals surface area contributed by atoms with Crippen LogP contribution in [0.1, 0.15) is 64.7 Å². The molecule has 2 fully saturated rings. The molecule has 0 amide bonds. The van der Waals surface area contributed by atoms with Gasteiger partial charge < -0.3 is 20.0 Å². The normalized spacial score (nSPS) is 20.6. The molecule has 0 saturated heterocycles. The second kappa shape index (κ2) is 13.5. The van der Waals surface area contributed by atoms with Gasteiger partial charge in [-0.3, -0.25) is 0 Å². The van der Waals surface area contributed by atoms with E-state index in [1.54, 1.807) is 0 Å². The van der Waals surface area contributed by atoms with Crippen molar-refractivity contribution in [1.29, 1.82) is 0 Å². The maximum Gasteiger partial charge on any atom is 2.00 e. The molecule has 0 aromatic carbocycles. The van der Waals surface area contributed by atoms with Gasteiger partial charge in [0.2, 0.25) is 0 Å². The Morgan fingerprint density at radius 3 is 1.31 bits per heavy atom. The predicted octanol–water partition coefficient (Wildman–Crippen LogP) is 4.41. The summed E-state index contributed by atoms with van der Waals surface area (Å²) in [7, 11) is 0. The van der Waals surface area contributed by atoms with Gasteiger partial charge in [-0.1, -0.05) is 44.9 Å². The van der Waals surface area contributed by atoms with Crippen LogP contribution in [-0.4, -0.2) is 11.2 Å². The zero-order valence-electron chi connectivity index (χ0n) is 11.3. The first-order chi connectivity index (χ1) is 6.30. The predicted molar refractivity (Wildman–Crippen MR) is 69.6 cm³/mol. The average Bonchev–Trinajstić information content (AvgIpc) is 2.82. The quantitative estimate of drug-likeness (QED) is 0.553. The van der Waals surface area contributed by atoms with Crippen molar-refractivity contribution in [2.75, 3.05) is 0 Å². The standard InChI is InChI=1S/C7H14O.C5H10.2CH3.Fe/c1-6(8)7-4-2-3-5-7;1-2-4-5-3-1;;;/h6-8H,2-5H2,1H3;1-5H2;2*1H3;/q;;2*-1;+2/t6-;;;;/m1..../s1. The fourth-order valence-corrected chi connectivity index (χ4v) is 2.32. The Balaban J connectivity index is -0.000000189. The van der Waals surface area contributed by atoms with Gasteiger partial charge in [-0.25, -0.2) is 0 Å². The fourth-order valence-electron chi connectivity index (χ4n) is 2.32. The van der Waals surface area contributed by atoms with Crippen LogP contribution in [0.3, 0.4) is 0 Å². The Hall–Kier alpha value is 0.479. The molecule has 2 rings (SSSR count). The molecule has 1 N–H and O–H groups in total. The zero-order valence-corrected chi connectivity index (χ0v) is 12.4. The van der Waals surface area contributed by atoms with Gasteiger partial charge in [0.15, 0.2) is 0 Å². The molecular weight excluding hydrogens is 240 g/mol. The summed E-state index contributed by atoms with van der Waals surface area (Å²) in [6.45, 7) is 1.90. The average molecular weight is 270 g/mol. The fraction of sp³-hybridized carbons (Fsp3) is 0.857. The molecule has 0 unspecified atom stereocenters. The molecule has 1 nitrogen and oxygen atoms in total. The molecule has 0 aliphatic heterocycles. The van der Waals surface area contributed by atoms with Crippen molar-refractivity contribution < 1.29 is 22.2 Å². The van der Waals surface area contributed by atoms with E-state index >= 15 is 0 Å². The number of hydrogen-bond donors (Lipinski definition) is 1. The molecule has 2 aliphatic rings. The van der Waals surface area contributed by atoms with Crippen molar-refractivity contribution in [3.8, 4) is 0 Å². The molecule has 0 spiro atoms. The van der Waals surface area contributed by atoms with Crippen molar-refractivity contribution in [3.05, 3.63) is 14.9 Å². The van der Waals surface area contributed by atoms with Crippen LogP contribution in [0, 0.1) is 20.8 Å². The molecule has 0 aromatic rings. The molecule has 0 radical (unpaired) electrons. The van der Waals surface area contributed by atoms with E-state index < -0.39 is 0 Å². The van der Waals surface area contributed by atoms with Crippen molar-refractivity contribution in [3.63, 3.8) is 0 Å². The van der Waals surface area contributed by atoms with Crippen molar-refractivity contribution in [2.45, 2.75) is 70.8 Å². The van der Waals surface area contributed by atoms with Gasteiger partial charge in [-0.15, -0.1) is 0 Å². The number of aliphatic hydroxyl groups is 1. The number of hydrogen-bond acceptors (Lipinski definition) is 1. The van der Waals surface area contributed by atoms with Gasteiger partial charge in [0.25, 0.3) is 0 Å². The summed E-state index contributed by atoms with van der Waals surface area (Å²) in [5.74, 6) is 0.620. The summed E-state index contributed by atoms with van der Waals surface area (Å²) in [5.41, 5.74) is 0. The smallest absolute Gasteiger partial charge is 0.393 e. The van der Waals surface area contributed by atoms with E-state index in [2.05, 4.69) is 0 Å². The third-order valence-corrected chi connectivity index (χ3v) is 3.33. The summed E-state index contributed by atoms with van der Waals surface area (Å²) >= 11 is 0. The van der Waals surface area contributed by atoms with Crippen LogP contribution in [0.15, 0.2) is 0 Å². The van der Waals surface area contributed by atoms with E-state index in [1.807, 2.05) is 6.92 Å². The van der Waals surface area contributed by atoms with Gasteiger partial charge in [0.1, 0.15) is 0 Å². The molecule has 2 aliphatic carbocycles. The molecular formula is C14H30FeO. The molecule has 0 heterocycles. The monoisotopic (exact) mass is 270 g/mol. The van der Waals surface area contributed by atoms with E-state index in [9.17, 15) is 0 Å². The molecule has 0 aromatic heterocycles. The number of aliphatic hydroxyl groups excluding tert-OH is 1. The Kier molecular flexibility index (Phi) is 18.4. The van der Waals surface area contributed by atoms with E-state index in [4.69, 9.17) is 5.11 Å². The van der Waals surface area contributed by atoms with Gasteiger partial charge in [0.05, 0.1) is 6.10 Å². The van der Waals surface area contributed by atoms with Crippen LogP contribution in [0.2, 0.25) is 0 Å². The van der Waals surface area contributed by atoms with Crippen LogP contribution in [0.4, 0.5) is 0 Å². The van der Waals surface area contributed by atoms with Crippen LogP contribution in [0.25, 0.3) is 0 Å². The first-order valence-electron chi connectivity index (χ1n) is 5.99. The second-order valence-corrected chi connectivity index (χ2v) is 4.55. The van der Waals surface area contributed by atoms with Gasteiger partial charge in [0, 0.05) is 0 Å². The van der Waals surface area contributed by atoms with Crippen molar-refractivity contribution in [2.24, 2.45) is 5.92 Å². The molecule has 0 bridgehead atoms. The Labute approximate surface area is 114 Å². The van der Waals surface area contributed by atoms with E-state index in [-0.39, 0.29) is 38.0 Å². The maximum atomic E-state index is 9.05. The summed E-state index contributed by atoms with van der Waals surface area (Å²) in [5, 5.41) is 9.05. The van der Waals surface area contributed by atoms with E-state index in [1.165, 1.54) is 57.8 Å². The van der Waals surface area contributed by atoms with Gasteiger partial charge in [-0.05, 0) is 25.7 Å². The number of rotatable bonds is 1. The largest absolute Gasteiger partial charge is 2.00 e. The summed E-state index contributed by atoms with van der Waals surface area (Å²) < 4.78 is 0. The van der Waals surface area contributed by atoms with Crippen molar-refractivity contribution in [1.82, 2.24) is 0 Å². The van der Waals surface area contributed by atoms with E-state index in [0.29, 0.717) is 5.92 Å². The van der Waals surface area contributed by atoms with E-state index in [0.717, 1.165) is 0 Å². The van der Waals surface area contributed by atoms with Crippen LogP contribution in [0.5, 0.6) is 0 Å². The van der Waals surface area contributed by atoms with Crippen LogP contribution in [-0.2, 0) is 17.1 Å². The summed E-state index contributed by atoms with van der Waals surface area (Å²) in [6.07, 6.45) is 12.6. The molecule has 2 heteroatoms. The summed E-state index contributed by atoms with van der Waals surface area (Å²) in [6, 6.07) is 0. The van der Waals surface area contributed by atoms with Crippen LogP contribution < -0.4 is 0 Å². The third-order valence-electron chi connectivity index (χ3n) is 3.33. The topological polar surface area (TPSA) is 20.2 Å². The second-order valence-electron chi connectivity index (χ2n) is 4.55. The van der Waals surface area contributed by atoms with Crippen LogP contribution >= 0.6 is 0 Å². The SMILES string of the molecule is C1CCCC1.C[C@@H](O)C1CCCC1.[CH3-].[CH3-].[Fe+2]. The minimum absolute atomic E-state index is 0. The van der Waals surface area contributed by atoms with Crippen molar-refractivity contribution >= 4 is 0 Å². The Morgan fingerprint density at radius 1 is 0.812 bits per heavy atom. The third kappa shape index (κ3) is 9.69. The minimum Gasteiger partial charge on any atom is -0.393 e. The Morgan fingerprint density at radius 2 is 1.12 bits per heavy atom. The molecule has 16 heavy (non-hydrogen) atoms. The van der Waals surface area contributed by atoms with Gasteiger partial charge >= 0.3 is 17.1 Å². The molecule has 100 valence electrons. The first kappa shape index (κ1) is 21.7. The maximum absolute atomic E-state index is 9.05. The molecule has 1 atom stereocenters. The summed E-state index contributed by atoms with van der Waals surface area (Å²) in [4.78, 5) is 0. The Bertz CT molecular complexity index is 108. The first-order valence-corrected chi connectivity index (χ1v) is 5.99. The minimum atomic E-state index is -0.0579. The van der Waals surface area contributed by atoms with Gasteiger partial charge in [-0.2, -0.15) is 0 Å². The molecule has 2 saturated carbocycles.